The third-order valence-corrected chi connectivity index (χ3v) is 4.45. The van der Waals surface area contributed by atoms with Crippen molar-refractivity contribution >= 4 is 0 Å². The van der Waals surface area contributed by atoms with Gasteiger partial charge in [-0.05, 0) is 45.9 Å². The summed E-state index contributed by atoms with van der Waals surface area (Å²) in [4.78, 5) is 0. The zero-order chi connectivity index (χ0) is 16.0. The molecule has 0 saturated carbocycles. The quantitative estimate of drug-likeness (QED) is 0.317. The molecule has 0 aliphatic carbocycles. The van der Waals surface area contributed by atoms with Crippen LogP contribution in [0.3, 0.4) is 0 Å². The van der Waals surface area contributed by atoms with Gasteiger partial charge in [0.1, 0.15) is 0 Å². The summed E-state index contributed by atoms with van der Waals surface area (Å²) >= 11 is 0. The summed E-state index contributed by atoms with van der Waals surface area (Å²) in [6.07, 6.45) is 12.0. The first kappa shape index (κ1) is 20.9. The Hall–Kier alpha value is -0.120. The fourth-order valence-corrected chi connectivity index (χ4v) is 2.83. The smallest absolute Gasteiger partial charge is 0.0694 e. The SMILES string of the molecule is CCCCCCCCCC(CCNCC(C)C)(NC)NC. The Morgan fingerprint density at radius 3 is 1.90 bits per heavy atom. The van der Waals surface area contributed by atoms with Crippen LogP contribution in [0.5, 0.6) is 0 Å². The molecule has 0 fully saturated rings. The molecule has 0 spiro atoms. The minimum absolute atomic E-state index is 0.105. The van der Waals surface area contributed by atoms with Gasteiger partial charge in [0.15, 0.2) is 0 Å². The van der Waals surface area contributed by atoms with Crippen molar-refractivity contribution in [2.75, 3.05) is 27.2 Å². The lowest BCUT2D eigenvalue weighted by atomic mass is 9.97. The summed E-state index contributed by atoms with van der Waals surface area (Å²) in [6.45, 7) is 8.99. The highest BCUT2D eigenvalue weighted by Crippen LogP contribution is 2.17. The van der Waals surface area contributed by atoms with Crippen molar-refractivity contribution in [3.05, 3.63) is 0 Å². The van der Waals surface area contributed by atoms with Crippen molar-refractivity contribution in [1.29, 1.82) is 0 Å². The maximum Gasteiger partial charge on any atom is 0.0694 e. The lowest BCUT2D eigenvalue weighted by Gasteiger charge is -2.34. The van der Waals surface area contributed by atoms with E-state index in [4.69, 9.17) is 0 Å². The Bertz CT molecular complexity index is 213. The van der Waals surface area contributed by atoms with Crippen LogP contribution < -0.4 is 16.0 Å². The van der Waals surface area contributed by atoms with Crippen molar-refractivity contribution in [3.8, 4) is 0 Å². The van der Waals surface area contributed by atoms with E-state index in [-0.39, 0.29) is 5.66 Å². The summed E-state index contributed by atoms with van der Waals surface area (Å²) in [5, 5.41) is 10.6. The molecule has 0 amide bonds. The number of nitrogens with one attached hydrogen (secondary N) is 3. The molecule has 3 nitrogen and oxygen atoms in total. The molecule has 0 heterocycles. The maximum absolute atomic E-state index is 3.55. The van der Waals surface area contributed by atoms with Crippen LogP contribution in [0, 0.1) is 5.92 Å². The predicted octanol–water partition coefficient (Wildman–Crippen LogP) is 3.90. The van der Waals surface area contributed by atoms with Crippen LogP contribution in [0.25, 0.3) is 0 Å². The zero-order valence-electron chi connectivity index (χ0n) is 15.4. The molecule has 0 aromatic rings. The van der Waals surface area contributed by atoms with Crippen LogP contribution in [0.4, 0.5) is 0 Å². The molecule has 128 valence electrons. The largest absolute Gasteiger partial charge is 0.316 e. The summed E-state index contributed by atoms with van der Waals surface area (Å²) in [7, 11) is 4.17. The molecule has 0 saturated heterocycles. The van der Waals surface area contributed by atoms with Gasteiger partial charge in [0.2, 0.25) is 0 Å². The third kappa shape index (κ3) is 11.1. The van der Waals surface area contributed by atoms with E-state index in [2.05, 4.69) is 50.8 Å². The third-order valence-electron chi connectivity index (χ3n) is 4.45. The standard InChI is InChI=1S/C18H41N3/c1-6-7-8-9-10-11-12-13-18(19-4,20-5)14-15-21-16-17(2)3/h17,19-21H,6-16H2,1-5H3. The Balaban J connectivity index is 3.82. The summed E-state index contributed by atoms with van der Waals surface area (Å²) in [5.41, 5.74) is 0.105. The van der Waals surface area contributed by atoms with Crippen molar-refractivity contribution in [2.24, 2.45) is 5.92 Å². The molecule has 0 radical (unpaired) electrons. The van der Waals surface area contributed by atoms with Crippen LogP contribution in [-0.4, -0.2) is 32.8 Å². The summed E-state index contributed by atoms with van der Waals surface area (Å²) in [6, 6.07) is 0. The molecule has 0 bridgehead atoms. The normalized spacial score (nSPS) is 12.3. The van der Waals surface area contributed by atoms with Crippen molar-refractivity contribution in [2.45, 2.75) is 84.2 Å². The average Bonchev–Trinajstić information content (AvgIpc) is 2.48. The van der Waals surface area contributed by atoms with E-state index in [1.54, 1.807) is 0 Å². The van der Waals surface area contributed by atoms with Gasteiger partial charge in [0, 0.05) is 0 Å². The Labute approximate surface area is 134 Å². The molecular formula is C18H41N3. The molecule has 3 heteroatoms. The second-order valence-corrected chi connectivity index (χ2v) is 6.80. The van der Waals surface area contributed by atoms with Gasteiger partial charge in [-0.3, -0.25) is 0 Å². The van der Waals surface area contributed by atoms with Crippen LogP contribution in [0.15, 0.2) is 0 Å². The highest BCUT2D eigenvalue weighted by molar-refractivity contribution is 4.83. The van der Waals surface area contributed by atoms with Crippen molar-refractivity contribution < 1.29 is 0 Å². The first-order chi connectivity index (χ1) is 10.1. The van der Waals surface area contributed by atoms with Gasteiger partial charge in [-0.15, -0.1) is 0 Å². The lowest BCUT2D eigenvalue weighted by Crippen LogP contribution is -2.55. The average molecular weight is 300 g/mol. The minimum atomic E-state index is 0.105. The molecule has 0 rings (SSSR count). The second kappa shape index (κ2) is 13.5. The minimum Gasteiger partial charge on any atom is -0.316 e. The summed E-state index contributed by atoms with van der Waals surface area (Å²) < 4.78 is 0. The van der Waals surface area contributed by atoms with Crippen molar-refractivity contribution in [3.63, 3.8) is 0 Å². The highest BCUT2D eigenvalue weighted by atomic mass is 15.2. The van der Waals surface area contributed by atoms with E-state index in [0.29, 0.717) is 0 Å². The maximum atomic E-state index is 3.55. The van der Waals surface area contributed by atoms with Gasteiger partial charge in [-0.2, -0.15) is 0 Å². The molecule has 0 aliphatic heterocycles. The number of rotatable bonds is 15. The number of unbranched alkanes of at least 4 members (excludes halogenated alkanes) is 6. The van der Waals surface area contributed by atoms with Crippen LogP contribution >= 0.6 is 0 Å². The fraction of sp³-hybridized carbons (Fsp3) is 1.00. The van der Waals surface area contributed by atoms with E-state index < -0.39 is 0 Å². The van der Waals surface area contributed by atoms with E-state index in [1.165, 1.54) is 51.4 Å². The number of hydrogen-bond acceptors (Lipinski definition) is 3. The Kier molecular flexibility index (Phi) is 13.5. The van der Waals surface area contributed by atoms with Crippen LogP contribution in [0.2, 0.25) is 0 Å². The highest BCUT2D eigenvalue weighted by Gasteiger charge is 2.24. The molecule has 3 N–H and O–H groups in total. The van der Waals surface area contributed by atoms with Crippen molar-refractivity contribution in [1.82, 2.24) is 16.0 Å². The van der Waals surface area contributed by atoms with Gasteiger partial charge in [0.05, 0.1) is 5.66 Å². The van der Waals surface area contributed by atoms with Gasteiger partial charge >= 0.3 is 0 Å². The van der Waals surface area contributed by atoms with Crippen LogP contribution in [0.1, 0.15) is 78.6 Å². The monoisotopic (exact) mass is 299 g/mol. The molecule has 0 atom stereocenters. The Morgan fingerprint density at radius 2 is 1.38 bits per heavy atom. The molecule has 0 aromatic carbocycles. The molecule has 0 unspecified atom stereocenters. The fourth-order valence-electron chi connectivity index (χ4n) is 2.83. The van der Waals surface area contributed by atoms with E-state index in [9.17, 15) is 0 Å². The molecule has 0 aromatic heterocycles. The Morgan fingerprint density at radius 1 is 0.810 bits per heavy atom. The molecule has 21 heavy (non-hydrogen) atoms. The van der Waals surface area contributed by atoms with Gasteiger partial charge < -0.3 is 16.0 Å². The predicted molar refractivity (Wildman–Crippen MR) is 95.8 cm³/mol. The van der Waals surface area contributed by atoms with Gasteiger partial charge in [0.25, 0.3) is 0 Å². The lowest BCUT2D eigenvalue weighted by molar-refractivity contribution is 0.241. The molecular weight excluding hydrogens is 258 g/mol. The van der Waals surface area contributed by atoms with Gasteiger partial charge in [-0.1, -0.05) is 65.7 Å². The van der Waals surface area contributed by atoms with Crippen LogP contribution in [-0.2, 0) is 0 Å². The summed E-state index contributed by atoms with van der Waals surface area (Å²) in [5.74, 6) is 0.728. The van der Waals surface area contributed by atoms with E-state index in [0.717, 1.165) is 25.4 Å². The molecule has 0 aliphatic rings. The first-order valence-electron chi connectivity index (χ1n) is 9.18. The van der Waals surface area contributed by atoms with E-state index >= 15 is 0 Å². The van der Waals surface area contributed by atoms with Gasteiger partial charge in [-0.25, -0.2) is 0 Å². The second-order valence-electron chi connectivity index (χ2n) is 6.80. The number of hydrogen-bond donors (Lipinski definition) is 3. The first-order valence-corrected chi connectivity index (χ1v) is 9.18. The zero-order valence-corrected chi connectivity index (χ0v) is 15.4. The topological polar surface area (TPSA) is 36.1 Å². The van der Waals surface area contributed by atoms with E-state index in [1.807, 2.05) is 0 Å².